The summed E-state index contributed by atoms with van der Waals surface area (Å²) in [5.41, 5.74) is 2.56. The van der Waals surface area contributed by atoms with Crippen LogP contribution in [0, 0.1) is 10.5 Å². The van der Waals surface area contributed by atoms with Gasteiger partial charge in [-0.2, -0.15) is 0 Å². The van der Waals surface area contributed by atoms with Crippen molar-refractivity contribution in [3.05, 3.63) is 39.7 Å². The maximum Gasteiger partial charge on any atom is 0.0461 e. The molecule has 0 aliphatic heterocycles. The van der Waals surface area contributed by atoms with E-state index >= 15 is 0 Å². The summed E-state index contributed by atoms with van der Waals surface area (Å²) in [6.07, 6.45) is 4.26. The highest BCUT2D eigenvalue weighted by molar-refractivity contribution is 14.1. The summed E-state index contributed by atoms with van der Waals surface area (Å²) in [5, 5.41) is 0. The van der Waals surface area contributed by atoms with Crippen molar-refractivity contribution in [1.29, 1.82) is 0 Å². The summed E-state index contributed by atoms with van der Waals surface area (Å²) in [7, 11) is 0. The number of rotatable bonds is 0. The minimum atomic E-state index is 1.26. The van der Waals surface area contributed by atoms with E-state index < -0.39 is 0 Å². The first-order chi connectivity index (χ1) is 5.25. The Hall–Kier alpha value is -0.510. The van der Waals surface area contributed by atoms with E-state index in [0.29, 0.717) is 0 Å². The van der Waals surface area contributed by atoms with Crippen LogP contribution in [0.3, 0.4) is 0 Å². The normalized spacial score (nSPS) is 10.7. The van der Waals surface area contributed by atoms with Crippen LogP contribution < -0.4 is 0 Å². The molecule has 0 unspecified atom stereocenters. The molecule has 1 nitrogen and oxygen atoms in total. The van der Waals surface area contributed by atoms with Crippen molar-refractivity contribution in [2.24, 2.45) is 0 Å². The third-order valence-corrected chi connectivity index (χ3v) is 2.30. The summed E-state index contributed by atoms with van der Waals surface area (Å²) in [6, 6.07) is 6.43. The van der Waals surface area contributed by atoms with Crippen molar-refractivity contribution >= 4 is 28.1 Å². The Morgan fingerprint density at radius 1 is 1.27 bits per heavy atom. The van der Waals surface area contributed by atoms with E-state index in [-0.39, 0.29) is 0 Å². The summed E-state index contributed by atoms with van der Waals surface area (Å²) < 4.78 is 3.44. The van der Waals surface area contributed by atoms with Gasteiger partial charge in [-0.1, -0.05) is 6.07 Å². The molecule has 2 rings (SSSR count). The van der Waals surface area contributed by atoms with Gasteiger partial charge in [0.2, 0.25) is 0 Å². The lowest BCUT2D eigenvalue weighted by molar-refractivity contribution is 1.16. The van der Waals surface area contributed by atoms with Gasteiger partial charge < -0.3 is 4.40 Å². The molecule has 0 atom stereocenters. The summed E-state index contributed by atoms with van der Waals surface area (Å²) in [4.78, 5) is 0. The minimum absolute atomic E-state index is 1.26. The smallest absolute Gasteiger partial charge is 0.0461 e. The quantitative estimate of drug-likeness (QED) is 0.639. The largest absolute Gasteiger partial charge is 0.323 e. The molecule has 0 saturated heterocycles. The zero-order valence-electron chi connectivity index (χ0n) is 6.21. The lowest BCUT2D eigenvalue weighted by Gasteiger charge is -1.94. The molecule has 0 radical (unpaired) electrons. The van der Waals surface area contributed by atoms with Gasteiger partial charge in [0, 0.05) is 21.5 Å². The van der Waals surface area contributed by atoms with Gasteiger partial charge in [-0.15, -0.1) is 0 Å². The Morgan fingerprint density at radius 3 is 2.91 bits per heavy atom. The fraction of sp³-hybridized carbons (Fsp3) is 0.111. The molecule has 0 spiro atoms. The number of pyridine rings is 1. The monoisotopic (exact) mass is 257 g/mol. The SMILES string of the molecule is Cc1ccc2cc(I)cn2c1. The average molecular weight is 257 g/mol. The highest BCUT2D eigenvalue weighted by Crippen LogP contribution is 2.12. The van der Waals surface area contributed by atoms with Gasteiger partial charge in [0.25, 0.3) is 0 Å². The molecule has 0 aliphatic carbocycles. The Kier molecular flexibility index (Phi) is 1.64. The van der Waals surface area contributed by atoms with E-state index in [1.165, 1.54) is 14.7 Å². The Labute approximate surface area is 79.2 Å². The second kappa shape index (κ2) is 2.52. The standard InChI is InChI=1S/C9H8IN/c1-7-2-3-9-4-8(10)6-11(9)5-7/h2-6H,1H3. The summed E-state index contributed by atoms with van der Waals surface area (Å²) in [5.74, 6) is 0. The number of halogens is 1. The van der Waals surface area contributed by atoms with E-state index in [2.05, 4.69) is 64.5 Å². The fourth-order valence-corrected chi connectivity index (χ4v) is 1.80. The molecule has 2 aromatic heterocycles. The topological polar surface area (TPSA) is 4.41 Å². The Morgan fingerprint density at radius 2 is 2.09 bits per heavy atom. The van der Waals surface area contributed by atoms with Crippen LogP contribution >= 0.6 is 22.6 Å². The van der Waals surface area contributed by atoms with Crippen molar-refractivity contribution in [3.63, 3.8) is 0 Å². The van der Waals surface area contributed by atoms with Crippen LogP contribution in [0.15, 0.2) is 30.6 Å². The number of aryl methyl sites for hydroxylation is 1. The number of aromatic nitrogens is 1. The van der Waals surface area contributed by atoms with E-state index in [1.807, 2.05) is 0 Å². The van der Waals surface area contributed by atoms with Crippen molar-refractivity contribution in [2.75, 3.05) is 0 Å². The van der Waals surface area contributed by atoms with Crippen LogP contribution in [0.4, 0.5) is 0 Å². The van der Waals surface area contributed by atoms with Crippen LogP contribution in [-0.2, 0) is 0 Å². The van der Waals surface area contributed by atoms with Crippen molar-refractivity contribution < 1.29 is 0 Å². The van der Waals surface area contributed by atoms with Crippen LogP contribution in [-0.4, -0.2) is 4.40 Å². The molecule has 2 aromatic rings. The van der Waals surface area contributed by atoms with Gasteiger partial charge in [0.15, 0.2) is 0 Å². The Bertz CT molecular complexity index is 389. The first-order valence-electron chi connectivity index (χ1n) is 3.49. The number of nitrogens with zero attached hydrogens (tertiary/aromatic N) is 1. The summed E-state index contributed by atoms with van der Waals surface area (Å²) in [6.45, 7) is 2.10. The van der Waals surface area contributed by atoms with Gasteiger partial charge in [-0.25, -0.2) is 0 Å². The van der Waals surface area contributed by atoms with E-state index in [0.717, 1.165) is 0 Å². The first kappa shape index (κ1) is 7.16. The predicted molar refractivity (Wildman–Crippen MR) is 54.9 cm³/mol. The van der Waals surface area contributed by atoms with E-state index in [4.69, 9.17) is 0 Å². The molecule has 0 amide bonds. The fourth-order valence-electron chi connectivity index (χ4n) is 1.19. The first-order valence-corrected chi connectivity index (χ1v) is 4.57. The van der Waals surface area contributed by atoms with Crippen molar-refractivity contribution in [1.82, 2.24) is 4.40 Å². The second-order valence-corrected chi connectivity index (χ2v) is 3.94. The Balaban J connectivity index is 2.82. The third kappa shape index (κ3) is 1.27. The van der Waals surface area contributed by atoms with Crippen LogP contribution in [0.2, 0.25) is 0 Å². The lowest BCUT2D eigenvalue weighted by Crippen LogP contribution is -1.81. The predicted octanol–water partition coefficient (Wildman–Crippen LogP) is 2.85. The van der Waals surface area contributed by atoms with Crippen molar-refractivity contribution in [3.8, 4) is 0 Å². The molecule has 2 heterocycles. The summed E-state index contributed by atoms with van der Waals surface area (Å²) >= 11 is 2.32. The zero-order valence-corrected chi connectivity index (χ0v) is 8.37. The maximum atomic E-state index is 2.32. The van der Waals surface area contributed by atoms with Gasteiger partial charge in [-0.3, -0.25) is 0 Å². The molecule has 0 N–H and O–H groups in total. The second-order valence-electron chi connectivity index (χ2n) is 2.70. The van der Waals surface area contributed by atoms with Crippen LogP contribution in [0.1, 0.15) is 5.56 Å². The highest BCUT2D eigenvalue weighted by Gasteiger charge is 1.94. The average Bonchev–Trinajstić information content (AvgIpc) is 2.27. The molecule has 2 heteroatoms. The molecule has 0 saturated carbocycles. The van der Waals surface area contributed by atoms with Gasteiger partial charge in [0.1, 0.15) is 0 Å². The van der Waals surface area contributed by atoms with Gasteiger partial charge in [-0.05, 0) is 47.2 Å². The molecule has 11 heavy (non-hydrogen) atoms. The lowest BCUT2D eigenvalue weighted by atomic mass is 10.3. The molecule has 0 fully saturated rings. The molecule has 0 aliphatic rings. The number of hydrogen-bond acceptors (Lipinski definition) is 0. The molecular formula is C9H8IN. The molecular weight excluding hydrogens is 249 g/mol. The van der Waals surface area contributed by atoms with Crippen LogP contribution in [0.5, 0.6) is 0 Å². The molecule has 0 bridgehead atoms. The maximum absolute atomic E-state index is 2.32. The molecule has 56 valence electrons. The van der Waals surface area contributed by atoms with Gasteiger partial charge in [0.05, 0.1) is 0 Å². The third-order valence-electron chi connectivity index (χ3n) is 1.71. The minimum Gasteiger partial charge on any atom is -0.323 e. The molecule has 0 aromatic carbocycles. The zero-order chi connectivity index (χ0) is 7.84. The van der Waals surface area contributed by atoms with Crippen LogP contribution in [0.25, 0.3) is 5.52 Å². The van der Waals surface area contributed by atoms with Gasteiger partial charge >= 0.3 is 0 Å². The number of fused-ring (bicyclic) bond motifs is 1. The number of hydrogen-bond donors (Lipinski definition) is 0. The van der Waals surface area contributed by atoms with E-state index in [1.54, 1.807) is 0 Å². The highest BCUT2D eigenvalue weighted by atomic mass is 127. The van der Waals surface area contributed by atoms with Crippen molar-refractivity contribution in [2.45, 2.75) is 6.92 Å². The van der Waals surface area contributed by atoms with E-state index in [9.17, 15) is 0 Å².